The molecule has 0 aromatic carbocycles. The zero-order chi connectivity index (χ0) is 14.8. The number of sulfonamides is 1. The van der Waals surface area contributed by atoms with Gasteiger partial charge in [0.1, 0.15) is 5.69 Å². The Morgan fingerprint density at radius 1 is 1.45 bits per heavy atom. The molecule has 112 valence electrons. The number of hydrogen-bond acceptors (Lipinski definition) is 6. The molecule has 2 heterocycles. The lowest BCUT2D eigenvalue weighted by atomic mass is 10.1. The predicted molar refractivity (Wildman–Crippen MR) is 69.5 cm³/mol. The largest absolute Gasteiger partial charge is 0.378 e. The van der Waals surface area contributed by atoms with E-state index in [2.05, 4.69) is 5.16 Å². The fraction of sp³-hybridized carbons (Fsp3) is 0.667. The monoisotopic (exact) mass is 302 g/mol. The third-order valence-corrected chi connectivity index (χ3v) is 4.82. The molecular formula is C12H18N2O5S. The van der Waals surface area contributed by atoms with Gasteiger partial charge in [-0.3, -0.25) is 4.79 Å². The number of hydrogen-bond donors (Lipinski definition) is 1. The Kier molecular flexibility index (Phi) is 4.44. The van der Waals surface area contributed by atoms with Crippen molar-refractivity contribution < 1.29 is 22.5 Å². The molecule has 0 aliphatic carbocycles. The SMILES string of the molecule is Cc1noc(C)c1S(=O)(=O)NC(=O)CCC1CCCO1. The molecule has 2 rings (SSSR count). The number of nitrogens with one attached hydrogen (secondary N) is 1. The Balaban J connectivity index is 1.96. The van der Waals surface area contributed by atoms with Crippen LogP contribution < -0.4 is 4.72 Å². The van der Waals surface area contributed by atoms with Crippen molar-refractivity contribution in [2.45, 2.75) is 50.5 Å². The molecule has 0 saturated carbocycles. The fourth-order valence-electron chi connectivity index (χ4n) is 2.27. The molecule has 1 aliphatic heterocycles. The van der Waals surface area contributed by atoms with Crippen molar-refractivity contribution in [2.24, 2.45) is 0 Å². The summed E-state index contributed by atoms with van der Waals surface area (Å²) in [7, 11) is -3.92. The van der Waals surface area contributed by atoms with Crippen LogP contribution in [0.25, 0.3) is 0 Å². The van der Waals surface area contributed by atoms with E-state index in [1.807, 2.05) is 4.72 Å². The first-order valence-electron chi connectivity index (χ1n) is 6.50. The third kappa shape index (κ3) is 3.37. The summed E-state index contributed by atoms with van der Waals surface area (Å²) in [5.74, 6) is -0.373. The molecule has 8 heteroatoms. The van der Waals surface area contributed by atoms with Gasteiger partial charge in [-0.05, 0) is 33.1 Å². The highest BCUT2D eigenvalue weighted by molar-refractivity contribution is 7.90. The molecule has 0 radical (unpaired) electrons. The van der Waals surface area contributed by atoms with Gasteiger partial charge in [0, 0.05) is 13.0 Å². The maximum atomic E-state index is 12.1. The van der Waals surface area contributed by atoms with Crippen molar-refractivity contribution in [1.29, 1.82) is 0 Å². The molecule has 20 heavy (non-hydrogen) atoms. The van der Waals surface area contributed by atoms with Crippen LogP contribution in [-0.2, 0) is 19.6 Å². The van der Waals surface area contributed by atoms with E-state index in [9.17, 15) is 13.2 Å². The van der Waals surface area contributed by atoms with Crippen molar-refractivity contribution in [1.82, 2.24) is 9.88 Å². The third-order valence-electron chi connectivity index (χ3n) is 3.20. The van der Waals surface area contributed by atoms with E-state index < -0.39 is 15.9 Å². The van der Waals surface area contributed by atoms with E-state index in [1.165, 1.54) is 13.8 Å². The normalized spacial score (nSPS) is 19.2. The minimum Gasteiger partial charge on any atom is -0.378 e. The first-order chi connectivity index (χ1) is 9.40. The van der Waals surface area contributed by atoms with Crippen LogP contribution in [0.3, 0.4) is 0 Å². The quantitative estimate of drug-likeness (QED) is 0.873. The van der Waals surface area contributed by atoms with Gasteiger partial charge < -0.3 is 9.26 Å². The van der Waals surface area contributed by atoms with Crippen molar-refractivity contribution in [3.8, 4) is 0 Å². The molecule has 1 fully saturated rings. The minimum atomic E-state index is -3.92. The first-order valence-corrected chi connectivity index (χ1v) is 7.98. The van der Waals surface area contributed by atoms with Crippen molar-refractivity contribution in [3.63, 3.8) is 0 Å². The molecular weight excluding hydrogens is 284 g/mol. The molecule has 7 nitrogen and oxygen atoms in total. The molecule has 1 amide bonds. The lowest BCUT2D eigenvalue weighted by Gasteiger charge is -2.09. The standard InChI is InChI=1S/C12H18N2O5S/c1-8-12(9(2)19-13-8)20(16,17)14-11(15)6-5-10-4-3-7-18-10/h10H,3-7H2,1-2H3,(H,14,15). The van der Waals surface area contributed by atoms with Gasteiger partial charge in [-0.15, -0.1) is 0 Å². The summed E-state index contributed by atoms with van der Waals surface area (Å²) in [5.41, 5.74) is 0.238. The van der Waals surface area contributed by atoms with Gasteiger partial charge in [0.25, 0.3) is 10.0 Å². The summed E-state index contributed by atoms with van der Waals surface area (Å²) in [4.78, 5) is 11.7. The number of amides is 1. The molecule has 1 unspecified atom stereocenters. The van der Waals surface area contributed by atoms with Crippen LogP contribution in [0, 0.1) is 13.8 Å². The van der Waals surface area contributed by atoms with Gasteiger partial charge in [-0.25, -0.2) is 13.1 Å². The summed E-state index contributed by atoms with van der Waals surface area (Å²) in [6.07, 6.45) is 2.62. The Labute approximate surface area is 117 Å². The van der Waals surface area contributed by atoms with E-state index in [-0.39, 0.29) is 28.9 Å². The maximum Gasteiger partial charge on any atom is 0.269 e. The predicted octanol–water partition coefficient (Wildman–Crippen LogP) is 1.06. The lowest BCUT2D eigenvalue weighted by Crippen LogP contribution is -2.31. The number of nitrogens with zero attached hydrogens (tertiary/aromatic N) is 1. The van der Waals surface area contributed by atoms with E-state index >= 15 is 0 Å². The van der Waals surface area contributed by atoms with Gasteiger partial charge >= 0.3 is 0 Å². The van der Waals surface area contributed by atoms with E-state index in [0.717, 1.165) is 12.8 Å². The molecule has 1 aromatic heterocycles. The van der Waals surface area contributed by atoms with Gasteiger partial charge in [0.2, 0.25) is 5.91 Å². The Morgan fingerprint density at radius 3 is 2.75 bits per heavy atom. The Hall–Kier alpha value is -1.41. The highest BCUT2D eigenvalue weighted by Gasteiger charge is 2.26. The number of carbonyl (C=O) groups excluding carboxylic acids is 1. The van der Waals surface area contributed by atoms with Gasteiger partial charge in [-0.1, -0.05) is 5.16 Å². The minimum absolute atomic E-state index is 0.0579. The zero-order valence-corrected chi connectivity index (χ0v) is 12.3. The summed E-state index contributed by atoms with van der Waals surface area (Å²) in [5, 5.41) is 3.57. The fourth-order valence-corrected chi connectivity index (χ4v) is 3.62. The topological polar surface area (TPSA) is 98.5 Å². The highest BCUT2D eigenvalue weighted by atomic mass is 32.2. The second kappa shape index (κ2) is 5.92. The Morgan fingerprint density at radius 2 is 2.20 bits per heavy atom. The number of rotatable bonds is 5. The number of carbonyl (C=O) groups is 1. The smallest absolute Gasteiger partial charge is 0.269 e. The number of aryl methyl sites for hydroxylation is 2. The van der Waals surface area contributed by atoms with E-state index in [0.29, 0.717) is 13.0 Å². The van der Waals surface area contributed by atoms with Crippen molar-refractivity contribution in [2.75, 3.05) is 6.61 Å². The average Bonchev–Trinajstić information content (AvgIpc) is 2.96. The van der Waals surface area contributed by atoms with Crippen molar-refractivity contribution in [3.05, 3.63) is 11.5 Å². The van der Waals surface area contributed by atoms with Crippen LogP contribution in [0.1, 0.15) is 37.1 Å². The molecule has 1 atom stereocenters. The van der Waals surface area contributed by atoms with Crippen molar-refractivity contribution >= 4 is 15.9 Å². The molecule has 0 bridgehead atoms. The molecule has 1 saturated heterocycles. The van der Waals surface area contributed by atoms with E-state index in [1.54, 1.807) is 0 Å². The summed E-state index contributed by atoms with van der Waals surface area (Å²) >= 11 is 0. The van der Waals surface area contributed by atoms with Crippen LogP contribution in [-0.4, -0.2) is 32.2 Å². The second-order valence-electron chi connectivity index (χ2n) is 4.86. The summed E-state index contributed by atoms with van der Waals surface area (Å²) < 4.78 is 36.4. The van der Waals surface area contributed by atoms with E-state index in [4.69, 9.17) is 9.26 Å². The van der Waals surface area contributed by atoms with Gasteiger partial charge in [0.05, 0.1) is 6.10 Å². The lowest BCUT2D eigenvalue weighted by molar-refractivity contribution is -0.119. The second-order valence-corrected chi connectivity index (χ2v) is 6.47. The number of ether oxygens (including phenoxy) is 1. The summed E-state index contributed by atoms with van der Waals surface area (Å²) in [6, 6.07) is 0. The first kappa shape index (κ1) is 15.0. The van der Waals surface area contributed by atoms with Crippen LogP contribution in [0.15, 0.2) is 9.42 Å². The summed E-state index contributed by atoms with van der Waals surface area (Å²) in [6.45, 7) is 3.72. The molecule has 1 N–H and O–H groups in total. The van der Waals surface area contributed by atoms with Gasteiger partial charge in [-0.2, -0.15) is 0 Å². The highest BCUT2D eigenvalue weighted by Crippen LogP contribution is 2.19. The van der Waals surface area contributed by atoms with Crippen LogP contribution in [0.4, 0.5) is 0 Å². The van der Waals surface area contributed by atoms with Crippen LogP contribution in [0.2, 0.25) is 0 Å². The molecule has 1 aromatic rings. The molecule has 0 spiro atoms. The average molecular weight is 302 g/mol. The number of aromatic nitrogens is 1. The van der Waals surface area contributed by atoms with Gasteiger partial charge in [0.15, 0.2) is 10.7 Å². The van der Waals surface area contributed by atoms with Crippen LogP contribution >= 0.6 is 0 Å². The van der Waals surface area contributed by atoms with Crippen LogP contribution in [0.5, 0.6) is 0 Å². The maximum absolute atomic E-state index is 12.1. The molecule has 1 aliphatic rings. The Bertz CT molecular complexity index is 567. The zero-order valence-electron chi connectivity index (χ0n) is 11.5.